The molecule has 28 heavy (non-hydrogen) atoms. The summed E-state index contributed by atoms with van der Waals surface area (Å²) in [5.74, 6) is 1.18. The molecule has 0 N–H and O–H groups in total. The number of nitrogens with zero attached hydrogens (tertiary/aromatic N) is 5. The van der Waals surface area contributed by atoms with Gasteiger partial charge in [0, 0.05) is 30.9 Å². The number of hydrogen-bond acceptors (Lipinski definition) is 6. The Kier molecular flexibility index (Phi) is 5.34. The van der Waals surface area contributed by atoms with Crippen LogP contribution in [0.1, 0.15) is 18.9 Å². The second kappa shape index (κ2) is 8.06. The third-order valence-corrected chi connectivity index (χ3v) is 5.67. The molecule has 1 aromatic carbocycles. The van der Waals surface area contributed by atoms with E-state index in [1.807, 2.05) is 41.3 Å². The first-order valence-corrected chi connectivity index (χ1v) is 9.65. The van der Waals surface area contributed by atoms with Crippen LogP contribution >= 0.6 is 0 Å². The maximum Gasteiger partial charge on any atom is 0.410 e. The lowest BCUT2D eigenvalue weighted by atomic mass is 9.91. The van der Waals surface area contributed by atoms with Gasteiger partial charge in [-0.3, -0.25) is 4.90 Å². The maximum absolute atomic E-state index is 12.6. The Morgan fingerprint density at radius 3 is 2.96 bits per heavy atom. The molecule has 3 heterocycles. The highest BCUT2D eigenvalue weighted by Gasteiger charge is 2.37. The van der Waals surface area contributed by atoms with Gasteiger partial charge in [-0.15, -0.1) is 0 Å². The monoisotopic (exact) mass is 379 g/mol. The Labute approximate surface area is 165 Å². The van der Waals surface area contributed by atoms with E-state index >= 15 is 0 Å². The number of allylic oxidation sites excluding steroid dienone is 1. The third kappa shape index (κ3) is 3.75. The minimum Gasteiger partial charge on any atom is -0.445 e. The molecule has 3 atom stereocenters. The van der Waals surface area contributed by atoms with Crippen LogP contribution in [-0.2, 0) is 11.3 Å². The third-order valence-electron chi connectivity index (χ3n) is 5.67. The minimum absolute atomic E-state index is 0.122. The van der Waals surface area contributed by atoms with Crippen molar-refractivity contribution in [3.05, 3.63) is 47.5 Å². The molecule has 1 amide bonds. The topological polar surface area (TPSA) is 69.9 Å². The zero-order valence-corrected chi connectivity index (χ0v) is 16.2. The van der Waals surface area contributed by atoms with E-state index in [1.54, 1.807) is 12.6 Å². The van der Waals surface area contributed by atoms with Crippen LogP contribution in [0.5, 0.6) is 0 Å². The smallest absolute Gasteiger partial charge is 0.410 e. The van der Waals surface area contributed by atoms with E-state index in [9.17, 15) is 4.79 Å². The van der Waals surface area contributed by atoms with Crippen LogP contribution in [0.2, 0.25) is 0 Å². The summed E-state index contributed by atoms with van der Waals surface area (Å²) in [6, 6.07) is 9.94. The maximum atomic E-state index is 12.6. The van der Waals surface area contributed by atoms with E-state index < -0.39 is 0 Å². The van der Waals surface area contributed by atoms with Gasteiger partial charge in [-0.2, -0.15) is 0 Å². The van der Waals surface area contributed by atoms with Gasteiger partial charge in [-0.25, -0.2) is 19.8 Å². The van der Waals surface area contributed by atoms with E-state index in [2.05, 4.69) is 33.8 Å². The molecular formula is C21H25N5O2. The number of hydrogen-bond donors (Lipinski definition) is 0. The quantitative estimate of drug-likeness (QED) is 0.808. The lowest BCUT2D eigenvalue weighted by Gasteiger charge is -2.43. The molecule has 4 rings (SSSR count). The highest BCUT2D eigenvalue weighted by Crippen LogP contribution is 2.28. The Morgan fingerprint density at radius 2 is 2.14 bits per heavy atom. The molecule has 3 aliphatic heterocycles. The molecule has 0 spiro atoms. The fourth-order valence-electron chi connectivity index (χ4n) is 3.94. The molecule has 1 fully saturated rings. The first kappa shape index (κ1) is 18.6. The summed E-state index contributed by atoms with van der Waals surface area (Å²) in [4.78, 5) is 29.7. The predicted molar refractivity (Wildman–Crippen MR) is 110 cm³/mol. The number of carbonyl (C=O) groups is 1. The number of rotatable bonds is 4. The zero-order valence-electron chi connectivity index (χ0n) is 16.2. The predicted octanol–water partition coefficient (Wildman–Crippen LogP) is 2.74. The Hall–Kier alpha value is -2.80. The molecule has 0 aromatic heterocycles. The van der Waals surface area contributed by atoms with Gasteiger partial charge in [0.25, 0.3) is 0 Å². The lowest BCUT2D eigenvalue weighted by molar-refractivity contribution is 0.0411. The number of amides is 1. The molecule has 0 bridgehead atoms. The van der Waals surface area contributed by atoms with E-state index in [-0.39, 0.29) is 18.3 Å². The van der Waals surface area contributed by atoms with Crippen molar-refractivity contribution >= 4 is 24.5 Å². The van der Waals surface area contributed by atoms with Gasteiger partial charge >= 0.3 is 6.09 Å². The minimum atomic E-state index is -0.257. The van der Waals surface area contributed by atoms with Crippen LogP contribution in [0, 0.1) is 5.92 Å². The molecule has 7 nitrogen and oxygen atoms in total. The Bertz CT molecular complexity index is 846. The van der Waals surface area contributed by atoms with Crippen molar-refractivity contribution in [1.29, 1.82) is 0 Å². The van der Waals surface area contributed by atoms with Crippen LogP contribution in [0.25, 0.3) is 0 Å². The molecule has 3 aliphatic rings. The molecule has 0 radical (unpaired) electrons. The summed E-state index contributed by atoms with van der Waals surface area (Å²) in [5, 5.41) is 0. The number of benzene rings is 1. The molecule has 0 aliphatic carbocycles. The number of aliphatic imine (C=N–C) groups is 3. The van der Waals surface area contributed by atoms with E-state index in [4.69, 9.17) is 4.74 Å². The number of piperidine rings is 1. The van der Waals surface area contributed by atoms with Crippen molar-refractivity contribution in [2.24, 2.45) is 20.9 Å². The van der Waals surface area contributed by atoms with Gasteiger partial charge in [0.15, 0.2) is 5.84 Å². The number of carbonyl (C=O) groups excluding carboxylic acids is 1. The molecule has 0 unspecified atom stereocenters. The average Bonchev–Trinajstić information content (AvgIpc) is 3.21. The van der Waals surface area contributed by atoms with Crippen molar-refractivity contribution < 1.29 is 9.53 Å². The van der Waals surface area contributed by atoms with Gasteiger partial charge < -0.3 is 9.64 Å². The SMILES string of the molecule is C[C@@H]1CCN(C(=O)OCc2ccccc2)C[C@H]1N(C)[C@@H]1N=CN=C2N=CC=C21. The van der Waals surface area contributed by atoms with Crippen molar-refractivity contribution in [3.63, 3.8) is 0 Å². The van der Waals surface area contributed by atoms with Crippen LogP contribution in [0.3, 0.4) is 0 Å². The van der Waals surface area contributed by atoms with Crippen LogP contribution in [0.4, 0.5) is 4.79 Å². The van der Waals surface area contributed by atoms with Crippen LogP contribution in [0.15, 0.2) is 57.0 Å². The summed E-state index contributed by atoms with van der Waals surface area (Å²) in [6.07, 6.45) is 5.87. The van der Waals surface area contributed by atoms with E-state index in [0.29, 0.717) is 25.6 Å². The van der Waals surface area contributed by atoms with Crippen molar-refractivity contribution in [2.75, 3.05) is 20.1 Å². The highest BCUT2D eigenvalue weighted by atomic mass is 16.6. The largest absolute Gasteiger partial charge is 0.445 e. The van der Waals surface area contributed by atoms with E-state index in [1.165, 1.54) is 0 Å². The number of amidine groups is 1. The molecular weight excluding hydrogens is 354 g/mol. The fourth-order valence-corrected chi connectivity index (χ4v) is 3.94. The number of ether oxygens (including phenoxy) is 1. The second-order valence-electron chi connectivity index (χ2n) is 7.48. The summed E-state index contributed by atoms with van der Waals surface area (Å²) >= 11 is 0. The Balaban J connectivity index is 1.40. The van der Waals surface area contributed by atoms with Crippen LogP contribution < -0.4 is 0 Å². The zero-order chi connectivity index (χ0) is 19.5. The molecule has 146 valence electrons. The molecule has 7 heteroatoms. The molecule has 1 aromatic rings. The Morgan fingerprint density at radius 1 is 1.32 bits per heavy atom. The second-order valence-corrected chi connectivity index (χ2v) is 7.48. The number of fused-ring (bicyclic) bond motifs is 1. The fraction of sp³-hybridized carbons (Fsp3) is 0.429. The van der Waals surface area contributed by atoms with Gasteiger partial charge in [0.05, 0.1) is 0 Å². The summed E-state index contributed by atoms with van der Waals surface area (Å²) in [6.45, 7) is 3.86. The first-order chi connectivity index (χ1) is 13.6. The standard InChI is InChI=1S/C21H25N5O2/c1-15-9-11-26(21(27)28-13-16-6-4-3-5-7-16)12-18(15)25(2)20-17-8-10-22-19(17)23-14-24-20/h3-8,10,14-15,18,20H,9,11-13H2,1-2H3/t15-,18-,20+/m1/s1. The number of likely N-dealkylation sites (N-methyl/N-ethyl adjacent to an activating group) is 1. The number of likely N-dealkylation sites (tertiary alicyclic amines) is 1. The average molecular weight is 379 g/mol. The summed E-state index contributed by atoms with van der Waals surface area (Å²) < 4.78 is 5.53. The highest BCUT2D eigenvalue weighted by molar-refractivity contribution is 6.14. The summed E-state index contributed by atoms with van der Waals surface area (Å²) in [7, 11) is 2.06. The van der Waals surface area contributed by atoms with Crippen molar-refractivity contribution in [1.82, 2.24) is 9.80 Å². The van der Waals surface area contributed by atoms with Crippen LogP contribution in [-0.4, -0.2) is 66.6 Å². The normalized spacial score (nSPS) is 26.1. The van der Waals surface area contributed by atoms with Gasteiger partial charge in [0.1, 0.15) is 19.1 Å². The van der Waals surface area contributed by atoms with Gasteiger partial charge in [-0.05, 0) is 31.0 Å². The van der Waals surface area contributed by atoms with E-state index in [0.717, 1.165) is 23.4 Å². The van der Waals surface area contributed by atoms with Gasteiger partial charge in [0.2, 0.25) is 0 Å². The molecule has 1 saturated heterocycles. The van der Waals surface area contributed by atoms with Gasteiger partial charge in [-0.1, -0.05) is 37.3 Å². The molecule has 0 saturated carbocycles. The van der Waals surface area contributed by atoms with Crippen molar-refractivity contribution in [2.45, 2.75) is 32.2 Å². The summed E-state index contributed by atoms with van der Waals surface area (Å²) in [5.41, 5.74) is 2.01. The first-order valence-electron chi connectivity index (χ1n) is 9.65. The lowest BCUT2D eigenvalue weighted by Crippen LogP contribution is -2.55. The van der Waals surface area contributed by atoms with Crippen molar-refractivity contribution in [3.8, 4) is 0 Å².